The maximum absolute atomic E-state index is 13.4. The summed E-state index contributed by atoms with van der Waals surface area (Å²) in [5.41, 5.74) is 0.728. The fraction of sp³-hybridized carbons (Fsp3) is 0.429. The smallest absolute Gasteiger partial charge is 0.410 e. The zero-order chi connectivity index (χ0) is 15.5. The number of alkyl halides is 2. The molecule has 0 saturated carbocycles. The van der Waals surface area contributed by atoms with Crippen LogP contribution in [-0.2, 0) is 16.1 Å². The first kappa shape index (κ1) is 15.2. The maximum Gasteiger partial charge on any atom is 0.410 e. The van der Waals surface area contributed by atoms with Crippen LogP contribution >= 0.6 is 0 Å². The number of carbonyl (C=O) groups is 2. The molecular formula is C14H15F2NO4. The van der Waals surface area contributed by atoms with Crippen molar-refractivity contribution in [3.63, 3.8) is 0 Å². The molecule has 21 heavy (non-hydrogen) atoms. The minimum Gasteiger partial charge on any atom is -0.481 e. The van der Waals surface area contributed by atoms with Crippen molar-refractivity contribution in [2.24, 2.45) is 0 Å². The van der Waals surface area contributed by atoms with E-state index in [1.54, 1.807) is 30.3 Å². The summed E-state index contributed by atoms with van der Waals surface area (Å²) in [7, 11) is 0. The van der Waals surface area contributed by atoms with E-state index in [2.05, 4.69) is 0 Å². The number of hydrogen-bond donors (Lipinski definition) is 1. The van der Waals surface area contributed by atoms with Gasteiger partial charge in [0.2, 0.25) is 0 Å². The zero-order valence-corrected chi connectivity index (χ0v) is 11.2. The SMILES string of the molecule is O=C(O)C[C@@H]1CC(F)(F)CN1C(=O)OCc1ccccc1. The lowest BCUT2D eigenvalue weighted by Gasteiger charge is -2.22. The van der Waals surface area contributed by atoms with E-state index in [4.69, 9.17) is 9.84 Å². The molecule has 1 aliphatic heterocycles. The van der Waals surface area contributed by atoms with Gasteiger partial charge < -0.3 is 9.84 Å². The number of carboxylic acid groups (broad SMARTS) is 1. The summed E-state index contributed by atoms with van der Waals surface area (Å²) >= 11 is 0. The van der Waals surface area contributed by atoms with Crippen LogP contribution in [0.3, 0.4) is 0 Å². The fourth-order valence-corrected chi connectivity index (χ4v) is 2.30. The van der Waals surface area contributed by atoms with Crippen LogP contribution in [-0.4, -0.2) is 40.6 Å². The van der Waals surface area contributed by atoms with Crippen molar-refractivity contribution in [2.75, 3.05) is 6.54 Å². The van der Waals surface area contributed by atoms with Gasteiger partial charge in [0, 0.05) is 6.42 Å². The summed E-state index contributed by atoms with van der Waals surface area (Å²) in [6.07, 6.45) is -2.09. The fourth-order valence-electron chi connectivity index (χ4n) is 2.30. The molecule has 1 amide bonds. The second-order valence-electron chi connectivity index (χ2n) is 4.98. The van der Waals surface area contributed by atoms with Crippen LogP contribution in [0.4, 0.5) is 13.6 Å². The van der Waals surface area contributed by atoms with E-state index in [9.17, 15) is 18.4 Å². The standard InChI is InChI=1S/C14H15F2NO4/c15-14(16)7-11(6-12(18)19)17(9-14)13(20)21-8-10-4-2-1-3-5-10/h1-5,11H,6-9H2,(H,18,19)/t11-/m1/s1. The van der Waals surface area contributed by atoms with E-state index < -0.39 is 43.4 Å². The molecule has 1 heterocycles. The Morgan fingerprint density at radius 1 is 1.33 bits per heavy atom. The van der Waals surface area contributed by atoms with Gasteiger partial charge in [-0.05, 0) is 5.56 Å². The summed E-state index contributed by atoms with van der Waals surface area (Å²) in [5.74, 6) is -4.30. The van der Waals surface area contributed by atoms with E-state index >= 15 is 0 Å². The van der Waals surface area contributed by atoms with E-state index in [0.29, 0.717) is 0 Å². The molecule has 1 atom stereocenters. The van der Waals surface area contributed by atoms with Crippen LogP contribution in [0.2, 0.25) is 0 Å². The van der Waals surface area contributed by atoms with Gasteiger partial charge >= 0.3 is 12.1 Å². The van der Waals surface area contributed by atoms with Crippen molar-refractivity contribution in [1.82, 2.24) is 4.90 Å². The average Bonchev–Trinajstić information content (AvgIpc) is 2.71. The van der Waals surface area contributed by atoms with E-state index in [-0.39, 0.29) is 6.61 Å². The van der Waals surface area contributed by atoms with Crippen LogP contribution in [0.5, 0.6) is 0 Å². The predicted octanol–water partition coefficient (Wildman–Crippen LogP) is 2.51. The Labute approximate surface area is 120 Å². The molecule has 5 nitrogen and oxygen atoms in total. The summed E-state index contributed by atoms with van der Waals surface area (Å²) in [4.78, 5) is 23.4. The second kappa shape index (κ2) is 6.07. The summed E-state index contributed by atoms with van der Waals surface area (Å²) in [5, 5.41) is 8.73. The third-order valence-electron chi connectivity index (χ3n) is 3.23. The third-order valence-corrected chi connectivity index (χ3v) is 3.23. The number of carboxylic acids is 1. The predicted molar refractivity (Wildman–Crippen MR) is 68.9 cm³/mol. The first-order valence-electron chi connectivity index (χ1n) is 6.44. The molecule has 1 N–H and O–H groups in total. The number of benzene rings is 1. The molecule has 0 spiro atoms. The summed E-state index contributed by atoms with van der Waals surface area (Å²) in [6.45, 7) is -0.847. The molecular weight excluding hydrogens is 284 g/mol. The zero-order valence-electron chi connectivity index (χ0n) is 11.2. The van der Waals surface area contributed by atoms with Gasteiger partial charge in [0.25, 0.3) is 5.92 Å². The van der Waals surface area contributed by atoms with Crippen LogP contribution in [0, 0.1) is 0 Å². The third kappa shape index (κ3) is 4.14. The molecule has 1 fully saturated rings. The van der Waals surface area contributed by atoms with Crippen molar-refractivity contribution in [3.05, 3.63) is 35.9 Å². The van der Waals surface area contributed by atoms with Gasteiger partial charge in [0.15, 0.2) is 0 Å². The molecule has 7 heteroatoms. The average molecular weight is 299 g/mol. The number of likely N-dealkylation sites (tertiary alicyclic amines) is 1. The lowest BCUT2D eigenvalue weighted by molar-refractivity contribution is -0.138. The number of carbonyl (C=O) groups excluding carboxylic acids is 1. The molecule has 0 bridgehead atoms. The minimum atomic E-state index is -3.08. The Kier molecular flexibility index (Phi) is 4.40. The lowest BCUT2D eigenvalue weighted by atomic mass is 10.1. The monoisotopic (exact) mass is 299 g/mol. The Morgan fingerprint density at radius 2 is 2.00 bits per heavy atom. The van der Waals surface area contributed by atoms with Crippen molar-refractivity contribution in [1.29, 1.82) is 0 Å². The van der Waals surface area contributed by atoms with Crippen LogP contribution < -0.4 is 0 Å². The highest BCUT2D eigenvalue weighted by Gasteiger charge is 2.48. The van der Waals surface area contributed by atoms with E-state index in [0.717, 1.165) is 10.5 Å². The number of ether oxygens (including phenoxy) is 1. The van der Waals surface area contributed by atoms with Gasteiger partial charge in [0.1, 0.15) is 6.61 Å². The molecule has 0 radical (unpaired) electrons. The molecule has 0 unspecified atom stereocenters. The van der Waals surface area contributed by atoms with Crippen molar-refractivity contribution in [3.8, 4) is 0 Å². The van der Waals surface area contributed by atoms with E-state index in [1.807, 2.05) is 0 Å². The Hall–Kier alpha value is -2.18. The first-order chi connectivity index (χ1) is 9.87. The number of aliphatic carboxylic acids is 1. The molecule has 1 aliphatic rings. The number of hydrogen-bond acceptors (Lipinski definition) is 3. The van der Waals surface area contributed by atoms with Gasteiger partial charge in [-0.25, -0.2) is 13.6 Å². The molecule has 0 aromatic heterocycles. The molecule has 1 aromatic carbocycles. The number of nitrogens with zero attached hydrogens (tertiary/aromatic N) is 1. The Morgan fingerprint density at radius 3 is 2.62 bits per heavy atom. The number of halogens is 2. The summed E-state index contributed by atoms with van der Waals surface area (Å²) in [6, 6.07) is 7.76. The Bertz CT molecular complexity index is 521. The molecule has 2 rings (SSSR count). The largest absolute Gasteiger partial charge is 0.481 e. The highest BCUT2D eigenvalue weighted by Crippen LogP contribution is 2.34. The second-order valence-corrected chi connectivity index (χ2v) is 4.98. The van der Waals surface area contributed by atoms with Crippen LogP contribution in [0.25, 0.3) is 0 Å². The van der Waals surface area contributed by atoms with Gasteiger partial charge in [-0.15, -0.1) is 0 Å². The minimum absolute atomic E-state index is 0.0401. The van der Waals surface area contributed by atoms with Gasteiger partial charge in [-0.3, -0.25) is 9.69 Å². The van der Waals surface area contributed by atoms with Gasteiger partial charge in [0.05, 0.1) is 19.0 Å². The molecule has 1 aromatic rings. The van der Waals surface area contributed by atoms with Crippen LogP contribution in [0.1, 0.15) is 18.4 Å². The highest BCUT2D eigenvalue weighted by atomic mass is 19.3. The van der Waals surface area contributed by atoms with Crippen molar-refractivity contribution >= 4 is 12.1 Å². The Balaban J connectivity index is 1.97. The quantitative estimate of drug-likeness (QED) is 0.927. The molecule has 1 saturated heterocycles. The van der Waals surface area contributed by atoms with Crippen molar-refractivity contribution in [2.45, 2.75) is 31.4 Å². The number of amides is 1. The highest BCUT2D eigenvalue weighted by molar-refractivity contribution is 5.72. The van der Waals surface area contributed by atoms with Crippen LogP contribution in [0.15, 0.2) is 30.3 Å². The lowest BCUT2D eigenvalue weighted by Crippen LogP contribution is -2.38. The van der Waals surface area contributed by atoms with E-state index in [1.165, 1.54) is 0 Å². The normalized spacial score (nSPS) is 20.3. The topological polar surface area (TPSA) is 66.8 Å². The van der Waals surface area contributed by atoms with Gasteiger partial charge in [-0.1, -0.05) is 30.3 Å². The number of rotatable bonds is 4. The maximum atomic E-state index is 13.4. The summed E-state index contributed by atoms with van der Waals surface area (Å²) < 4.78 is 31.7. The molecule has 114 valence electrons. The van der Waals surface area contributed by atoms with Gasteiger partial charge in [-0.2, -0.15) is 0 Å². The molecule has 0 aliphatic carbocycles. The first-order valence-corrected chi connectivity index (χ1v) is 6.44. The van der Waals surface area contributed by atoms with Crippen molar-refractivity contribution < 1.29 is 28.2 Å².